The van der Waals surface area contributed by atoms with Crippen LogP contribution in [0.2, 0.25) is 0 Å². The van der Waals surface area contributed by atoms with Crippen LogP contribution in [-0.2, 0) is 25.9 Å². The van der Waals surface area contributed by atoms with E-state index >= 15 is 0 Å². The van der Waals surface area contributed by atoms with E-state index in [1.165, 1.54) is 23.9 Å². The third-order valence-corrected chi connectivity index (χ3v) is 9.22. The normalized spacial score (nSPS) is 14.5. The van der Waals surface area contributed by atoms with Gasteiger partial charge in [-0.3, -0.25) is 29.0 Å². The molecule has 5 N–H and O–H groups in total. The molecular weight excluding hydrogens is 724 g/mol. The molecule has 1 fully saturated rings. The van der Waals surface area contributed by atoms with Gasteiger partial charge in [-0.1, -0.05) is 12.2 Å². The molecule has 0 spiro atoms. The number of aliphatic imine (C=N–C) groups is 1. The maximum Gasteiger partial charge on any atom is 0.291 e. The number of nitrogens with zero attached hydrogens (tertiary/aromatic N) is 6. The molecule has 5 amide bonds. The summed E-state index contributed by atoms with van der Waals surface area (Å²) in [6.45, 7) is 4.95. The van der Waals surface area contributed by atoms with Crippen molar-refractivity contribution in [1.82, 2.24) is 28.9 Å². The Hall–Kier alpha value is -6.69. The molecule has 6 rings (SSSR count). The Morgan fingerprint density at radius 1 is 0.893 bits per heavy atom. The Bertz CT molecular complexity index is 2230. The van der Waals surface area contributed by atoms with E-state index in [0.29, 0.717) is 72.2 Å². The van der Waals surface area contributed by atoms with E-state index in [9.17, 15) is 24.0 Å². The highest BCUT2D eigenvalue weighted by Crippen LogP contribution is 2.38. The lowest BCUT2D eigenvalue weighted by Gasteiger charge is -2.20. The predicted octanol–water partition coefficient (Wildman–Crippen LogP) is 3.01. The minimum atomic E-state index is -0.564. The van der Waals surface area contributed by atoms with Crippen LogP contribution in [0.15, 0.2) is 60.0 Å². The number of fused-ring (bicyclic) bond motifs is 2. The van der Waals surface area contributed by atoms with E-state index in [-0.39, 0.29) is 60.7 Å². The van der Waals surface area contributed by atoms with Crippen LogP contribution in [0.5, 0.6) is 11.5 Å². The van der Waals surface area contributed by atoms with E-state index < -0.39 is 11.8 Å². The summed E-state index contributed by atoms with van der Waals surface area (Å²) < 4.78 is 16.0. The molecule has 56 heavy (non-hydrogen) atoms. The molecule has 1 aromatic carbocycles. The number of benzene rings is 1. The van der Waals surface area contributed by atoms with Crippen LogP contribution in [0, 0.1) is 0 Å². The van der Waals surface area contributed by atoms with E-state index in [1.54, 1.807) is 72.0 Å². The van der Waals surface area contributed by atoms with Crippen LogP contribution in [0.1, 0.15) is 67.6 Å². The Balaban J connectivity index is 0.992. The largest absolute Gasteiger partial charge is 0.493 e. The number of aromatic nitrogens is 4. The number of aryl methyl sites for hydroxylation is 3. The maximum absolute atomic E-state index is 13.2. The third-order valence-electron chi connectivity index (χ3n) is 9.22. The molecule has 3 aromatic heterocycles. The number of aliphatic hydroxyl groups is 1. The first kappa shape index (κ1) is 39.0. The number of amides is 5. The molecule has 2 aliphatic heterocycles. The lowest BCUT2D eigenvalue weighted by atomic mass is 10.1. The van der Waals surface area contributed by atoms with Crippen LogP contribution in [0.25, 0.3) is 0 Å². The first-order chi connectivity index (χ1) is 26.8. The van der Waals surface area contributed by atoms with Gasteiger partial charge in [0.25, 0.3) is 23.6 Å². The molecule has 0 aliphatic carbocycles. The fraction of sp³-hybridized carbons (Fsp3) is 0.342. The zero-order chi connectivity index (χ0) is 40.1. The van der Waals surface area contributed by atoms with E-state index in [1.807, 2.05) is 0 Å². The quantitative estimate of drug-likeness (QED) is 0.0887. The van der Waals surface area contributed by atoms with E-state index in [2.05, 4.69) is 37.8 Å². The molecule has 4 aromatic rings. The van der Waals surface area contributed by atoms with Crippen molar-refractivity contribution in [3.05, 3.63) is 77.8 Å². The molecule has 0 radical (unpaired) electrons. The van der Waals surface area contributed by atoms with Crippen LogP contribution in [0.3, 0.4) is 0 Å². The first-order valence-electron chi connectivity index (χ1n) is 17.9. The second-order valence-corrected chi connectivity index (χ2v) is 13.5. The molecular formula is C38H44N10O8. The Morgan fingerprint density at radius 2 is 1.59 bits per heavy atom. The van der Waals surface area contributed by atoms with Crippen LogP contribution < -0.4 is 30.7 Å². The van der Waals surface area contributed by atoms with Crippen LogP contribution >= 0.6 is 0 Å². The SMILES string of the molecule is C=C1C[C@H]2C=Nc3cc(OCCCC(=O)Nc4cn(C)c(C(=O)Nc5cc(C(=O)Nc6cc(C(=O)NCCCO)n(C)c6)n(C)c5)n4)c(OC)cc3C(=O)N2C1. The number of nitrogens with one attached hydrogen (secondary N) is 4. The van der Waals surface area contributed by atoms with Crippen molar-refractivity contribution in [1.29, 1.82) is 0 Å². The van der Waals surface area contributed by atoms with Gasteiger partial charge in [-0.25, -0.2) is 4.98 Å². The van der Waals surface area contributed by atoms with E-state index in [4.69, 9.17) is 14.6 Å². The van der Waals surface area contributed by atoms with Crippen molar-refractivity contribution in [3.63, 3.8) is 0 Å². The van der Waals surface area contributed by atoms with Gasteiger partial charge in [-0.15, -0.1) is 0 Å². The number of hydrogen-bond donors (Lipinski definition) is 5. The molecule has 1 atom stereocenters. The average Bonchev–Trinajstić information content (AvgIpc) is 3.91. The number of imidazole rings is 1. The van der Waals surface area contributed by atoms with Crippen molar-refractivity contribution in [2.75, 3.05) is 49.4 Å². The molecule has 5 heterocycles. The number of anilines is 3. The highest BCUT2D eigenvalue weighted by molar-refractivity contribution is 6.07. The lowest BCUT2D eigenvalue weighted by molar-refractivity contribution is -0.116. The molecule has 18 heteroatoms. The minimum Gasteiger partial charge on any atom is -0.493 e. The van der Waals surface area contributed by atoms with Crippen molar-refractivity contribution in [2.45, 2.75) is 31.7 Å². The van der Waals surface area contributed by atoms with Gasteiger partial charge < -0.3 is 54.4 Å². The highest BCUT2D eigenvalue weighted by atomic mass is 16.5. The van der Waals surface area contributed by atoms with Gasteiger partial charge in [0.15, 0.2) is 17.3 Å². The zero-order valence-corrected chi connectivity index (χ0v) is 31.5. The van der Waals surface area contributed by atoms with E-state index in [0.717, 1.165) is 5.57 Å². The van der Waals surface area contributed by atoms with Crippen molar-refractivity contribution in [2.24, 2.45) is 26.1 Å². The van der Waals surface area contributed by atoms with Crippen LogP contribution in [-0.4, -0.2) is 104 Å². The van der Waals surface area contributed by atoms with Gasteiger partial charge in [-0.05, 0) is 37.5 Å². The molecule has 1 saturated heterocycles. The summed E-state index contributed by atoms with van der Waals surface area (Å²) in [5.74, 6) is -0.869. The number of aliphatic hydroxyl groups excluding tert-OH is 1. The predicted molar refractivity (Wildman–Crippen MR) is 207 cm³/mol. The summed E-state index contributed by atoms with van der Waals surface area (Å²) in [5.41, 5.74) is 3.19. The highest BCUT2D eigenvalue weighted by Gasteiger charge is 2.34. The summed E-state index contributed by atoms with van der Waals surface area (Å²) in [5, 5.41) is 19.8. The fourth-order valence-electron chi connectivity index (χ4n) is 6.43. The second-order valence-electron chi connectivity index (χ2n) is 13.5. The molecule has 18 nitrogen and oxygen atoms in total. The van der Waals surface area contributed by atoms with Gasteiger partial charge in [0.05, 0.1) is 42.4 Å². The topological polar surface area (TPSA) is 215 Å². The number of ether oxygens (including phenoxy) is 2. The van der Waals surface area contributed by atoms with Gasteiger partial charge in [0.2, 0.25) is 11.7 Å². The summed E-state index contributed by atoms with van der Waals surface area (Å²) >= 11 is 0. The standard InChI is InChI=1S/C38H44N10O8/c1-22-12-25-17-40-27-16-31(30(55-5)15-26(27)38(54)48(25)18-22)56-11-6-8-33(50)43-32-21-47(4)34(44-32)37(53)42-24-14-29(46(3)20-24)36(52)41-23-13-28(45(2)19-23)35(51)39-9-7-10-49/h13-17,19-21,25,49H,1,6-12,18H2,2-5H3,(H,39,51)(H,41,52)(H,42,53)(H,43,50)/t25-/m0/s1. The Kier molecular flexibility index (Phi) is 11.7. The van der Waals surface area contributed by atoms with Crippen molar-refractivity contribution in [3.8, 4) is 11.5 Å². The van der Waals surface area contributed by atoms with Gasteiger partial charge in [0, 0.05) is 78.1 Å². The van der Waals surface area contributed by atoms with Crippen molar-refractivity contribution >= 4 is 58.6 Å². The zero-order valence-electron chi connectivity index (χ0n) is 31.5. The van der Waals surface area contributed by atoms with Gasteiger partial charge in [0.1, 0.15) is 11.4 Å². The summed E-state index contributed by atoms with van der Waals surface area (Å²) in [7, 11) is 6.43. The lowest BCUT2D eigenvalue weighted by Crippen LogP contribution is -2.35. The number of rotatable bonds is 15. The summed E-state index contributed by atoms with van der Waals surface area (Å²) in [4.78, 5) is 75.3. The number of methoxy groups -OCH3 is 1. The molecule has 2 aliphatic rings. The maximum atomic E-state index is 13.2. The summed E-state index contributed by atoms with van der Waals surface area (Å²) in [6.07, 6.45) is 7.98. The van der Waals surface area contributed by atoms with Crippen LogP contribution in [0.4, 0.5) is 22.9 Å². The minimum absolute atomic E-state index is 0.0226. The fourth-order valence-corrected chi connectivity index (χ4v) is 6.43. The first-order valence-corrected chi connectivity index (χ1v) is 17.9. The van der Waals surface area contributed by atoms with Gasteiger partial charge in [-0.2, -0.15) is 0 Å². The molecule has 0 unspecified atom stereocenters. The Morgan fingerprint density at radius 3 is 2.29 bits per heavy atom. The molecule has 0 bridgehead atoms. The third kappa shape index (κ3) is 8.65. The average molecular weight is 769 g/mol. The monoisotopic (exact) mass is 768 g/mol. The number of carbonyl (C=O) groups excluding carboxylic acids is 5. The number of hydrogen-bond acceptors (Lipinski definition) is 10. The van der Waals surface area contributed by atoms with Gasteiger partial charge >= 0.3 is 0 Å². The Labute approximate surface area is 322 Å². The smallest absolute Gasteiger partial charge is 0.291 e. The van der Waals surface area contributed by atoms with Crippen molar-refractivity contribution < 1.29 is 38.6 Å². The molecule has 294 valence electrons. The number of carbonyl (C=O) groups is 5. The second kappa shape index (κ2) is 16.8. The summed E-state index contributed by atoms with van der Waals surface area (Å²) in [6, 6.07) is 6.19. The molecule has 0 saturated carbocycles.